The van der Waals surface area contributed by atoms with E-state index in [0.29, 0.717) is 18.5 Å². The summed E-state index contributed by atoms with van der Waals surface area (Å²) in [6.07, 6.45) is -3.64. The molecule has 0 aromatic heterocycles. The van der Waals surface area contributed by atoms with Gasteiger partial charge in [0, 0.05) is 0 Å². The molecule has 0 atom stereocenters. The highest BCUT2D eigenvalue weighted by molar-refractivity contribution is 5.31. The van der Waals surface area contributed by atoms with Crippen LogP contribution < -0.4 is 5.32 Å². The molecule has 0 aliphatic rings. The molecule has 1 aromatic carbocycles. The second-order valence-corrected chi connectivity index (χ2v) is 3.56. The van der Waals surface area contributed by atoms with Gasteiger partial charge in [-0.05, 0) is 44.6 Å². The maximum atomic E-state index is 12.5. The van der Waals surface area contributed by atoms with E-state index in [4.69, 9.17) is 0 Å². The number of aryl methyl sites for hydroxylation is 1. The second-order valence-electron chi connectivity index (χ2n) is 3.56. The maximum absolute atomic E-state index is 12.5. The van der Waals surface area contributed by atoms with Gasteiger partial charge in [-0.2, -0.15) is 13.2 Å². The third-order valence-electron chi connectivity index (χ3n) is 2.13. The lowest BCUT2D eigenvalue weighted by atomic mass is 10.0. The van der Waals surface area contributed by atoms with Crippen LogP contribution >= 0.6 is 0 Å². The Labute approximate surface area is 87.3 Å². The monoisotopic (exact) mass is 217 g/mol. The molecule has 0 amide bonds. The Morgan fingerprint density at radius 1 is 1.20 bits per heavy atom. The number of rotatable bonds is 3. The molecule has 0 saturated carbocycles. The summed E-state index contributed by atoms with van der Waals surface area (Å²) >= 11 is 0. The normalized spacial score (nSPS) is 11.8. The molecule has 1 rings (SSSR count). The summed E-state index contributed by atoms with van der Waals surface area (Å²) in [6.45, 7) is 2.36. The van der Waals surface area contributed by atoms with Crippen LogP contribution in [0.3, 0.4) is 0 Å². The fourth-order valence-electron chi connectivity index (χ4n) is 1.44. The van der Waals surface area contributed by atoms with Gasteiger partial charge in [0.2, 0.25) is 0 Å². The molecule has 1 N–H and O–H groups in total. The van der Waals surface area contributed by atoms with Crippen molar-refractivity contribution in [1.82, 2.24) is 5.32 Å². The molecule has 0 saturated heterocycles. The summed E-state index contributed by atoms with van der Waals surface area (Å²) < 4.78 is 37.4. The number of benzene rings is 1. The molecule has 1 aromatic rings. The molecule has 1 nitrogen and oxygen atoms in total. The van der Waals surface area contributed by atoms with Crippen molar-refractivity contribution in [3.05, 3.63) is 34.9 Å². The van der Waals surface area contributed by atoms with Crippen LogP contribution in [0.25, 0.3) is 0 Å². The molecule has 0 aliphatic carbocycles. The molecule has 0 radical (unpaired) electrons. The maximum Gasteiger partial charge on any atom is 0.416 e. The lowest BCUT2D eigenvalue weighted by Crippen LogP contribution is -2.12. The summed E-state index contributed by atoms with van der Waals surface area (Å²) in [6, 6.07) is 4.17. The van der Waals surface area contributed by atoms with Crippen molar-refractivity contribution in [2.24, 2.45) is 0 Å². The number of nitrogens with one attached hydrogen (secondary N) is 1. The zero-order valence-corrected chi connectivity index (χ0v) is 8.78. The van der Waals surface area contributed by atoms with Gasteiger partial charge in [-0.3, -0.25) is 0 Å². The summed E-state index contributed by atoms with van der Waals surface area (Å²) in [5, 5.41) is 2.91. The van der Waals surface area contributed by atoms with E-state index in [2.05, 4.69) is 5.32 Å². The molecular weight excluding hydrogens is 203 g/mol. The number of alkyl halides is 3. The summed E-state index contributed by atoms with van der Waals surface area (Å²) in [7, 11) is 1.78. The Morgan fingerprint density at radius 2 is 1.87 bits per heavy atom. The number of hydrogen-bond donors (Lipinski definition) is 1. The zero-order chi connectivity index (χ0) is 11.5. The standard InChI is InChI=1S/C11H14F3N/c1-8-5-9(3-4-15-2)7-10(6-8)11(12,13)14/h5-7,15H,3-4H2,1-2H3. The van der Waals surface area contributed by atoms with Crippen molar-refractivity contribution in [2.75, 3.05) is 13.6 Å². The molecule has 84 valence electrons. The third kappa shape index (κ3) is 3.55. The van der Waals surface area contributed by atoms with E-state index in [1.807, 2.05) is 0 Å². The Bertz CT molecular complexity index is 331. The van der Waals surface area contributed by atoms with E-state index in [0.717, 1.165) is 5.56 Å². The smallest absolute Gasteiger partial charge is 0.319 e. The summed E-state index contributed by atoms with van der Waals surface area (Å²) in [5.41, 5.74) is 0.807. The van der Waals surface area contributed by atoms with Crippen LogP contribution in [-0.2, 0) is 12.6 Å². The predicted molar refractivity (Wildman–Crippen MR) is 53.8 cm³/mol. The first-order chi connectivity index (χ1) is 6.93. The van der Waals surface area contributed by atoms with Crippen molar-refractivity contribution >= 4 is 0 Å². The minimum absolute atomic E-state index is 0.561. The Kier molecular flexibility index (Phi) is 3.74. The first kappa shape index (κ1) is 12.0. The van der Waals surface area contributed by atoms with Crippen molar-refractivity contribution < 1.29 is 13.2 Å². The number of halogens is 3. The van der Waals surface area contributed by atoms with Gasteiger partial charge in [0.1, 0.15) is 0 Å². The Hall–Kier alpha value is -1.03. The van der Waals surface area contributed by atoms with Crippen LogP contribution in [-0.4, -0.2) is 13.6 Å². The predicted octanol–water partition coefficient (Wildman–Crippen LogP) is 2.78. The highest BCUT2D eigenvalue weighted by Gasteiger charge is 2.30. The molecule has 4 heteroatoms. The fraction of sp³-hybridized carbons (Fsp3) is 0.455. The Morgan fingerprint density at radius 3 is 2.40 bits per heavy atom. The highest BCUT2D eigenvalue weighted by Crippen LogP contribution is 2.30. The lowest BCUT2D eigenvalue weighted by Gasteiger charge is -2.10. The van der Waals surface area contributed by atoms with Crippen LogP contribution in [0.5, 0.6) is 0 Å². The van der Waals surface area contributed by atoms with Crippen molar-refractivity contribution in [1.29, 1.82) is 0 Å². The van der Waals surface area contributed by atoms with E-state index in [1.165, 1.54) is 12.1 Å². The highest BCUT2D eigenvalue weighted by atomic mass is 19.4. The molecule has 0 heterocycles. The first-order valence-corrected chi connectivity index (χ1v) is 4.76. The molecule has 0 bridgehead atoms. The van der Waals surface area contributed by atoms with E-state index in [1.54, 1.807) is 20.0 Å². The van der Waals surface area contributed by atoms with Crippen LogP contribution in [0, 0.1) is 6.92 Å². The van der Waals surface area contributed by atoms with E-state index >= 15 is 0 Å². The molecule has 0 aliphatic heterocycles. The van der Waals surface area contributed by atoms with Gasteiger partial charge in [0.15, 0.2) is 0 Å². The minimum Gasteiger partial charge on any atom is -0.319 e. The molecule has 15 heavy (non-hydrogen) atoms. The summed E-state index contributed by atoms with van der Waals surface area (Å²) in [5.74, 6) is 0. The van der Waals surface area contributed by atoms with E-state index in [9.17, 15) is 13.2 Å². The van der Waals surface area contributed by atoms with Gasteiger partial charge in [0.25, 0.3) is 0 Å². The van der Waals surface area contributed by atoms with Gasteiger partial charge in [-0.1, -0.05) is 11.6 Å². The van der Waals surface area contributed by atoms with Gasteiger partial charge in [-0.15, -0.1) is 0 Å². The average molecular weight is 217 g/mol. The van der Waals surface area contributed by atoms with Crippen LogP contribution in [0.1, 0.15) is 16.7 Å². The van der Waals surface area contributed by atoms with E-state index < -0.39 is 11.7 Å². The van der Waals surface area contributed by atoms with Gasteiger partial charge < -0.3 is 5.32 Å². The first-order valence-electron chi connectivity index (χ1n) is 4.76. The molecule has 0 spiro atoms. The van der Waals surface area contributed by atoms with Crippen LogP contribution in [0.15, 0.2) is 18.2 Å². The van der Waals surface area contributed by atoms with E-state index in [-0.39, 0.29) is 0 Å². The average Bonchev–Trinajstić information content (AvgIpc) is 2.12. The molecule has 0 unspecified atom stereocenters. The largest absolute Gasteiger partial charge is 0.416 e. The fourth-order valence-corrected chi connectivity index (χ4v) is 1.44. The Balaban J connectivity index is 2.95. The number of hydrogen-bond acceptors (Lipinski definition) is 1. The van der Waals surface area contributed by atoms with Crippen molar-refractivity contribution in [3.8, 4) is 0 Å². The quantitative estimate of drug-likeness (QED) is 0.820. The SMILES string of the molecule is CNCCc1cc(C)cc(C(F)(F)F)c1. The number of likely N-dealkylation sites (N-methyl/N-ethyl adjacent to an activating group) is 1. The zero-order valence-electron chi connectivity index (χ0n) is 8.78. The minimum atomic E-state index is -4.25. The molecule has 0 fully saturated rings. The van der Waals surface area contributed by atoms with Gasteiger partial charge in [0.05, 0.1) is 5.56 Å². The molecular formula is C11H14F3N. The third-order valence-corrected chi connectivity index (χ3v) is 2.13. The van der Waals surface area contributed by atoms with Crippen LogP contribution in [0.4, 0.5) is 13.2 Å². The second kappa shape index (κ2) is 4.66. The van der Waals surface area contributed by atoms with Gasteiger partial charge in [-0.25, -0.2) is 0 Å². The van der Waals surface area contributed by atoms with Crippen molar-refractivity contribution in [3.63, 3.8) is 0 Å². The van der Waals surface area contributed by atoms with Crippen LogP contribution in [0.2, 0.25) is 0 Å². The summed E-state index contributed by atoms with van der Waals surface area (Å²) in [4.78, 5) is 0. The van der Waals surface area contributed by atoms with Crippen molar-refractivity contribution in [2.45, 2.75) is 19.5 Å². The topological polar surface area (TPSA) is 12.0 Å². The van der Waals surface area contributed by atoms with Gasteiger partial charge >= 0.3 is 6.18 Å². The lowest BCUT2D eigenvalue weighted by molar-refractivity contribution is -0.137.